The van der Waals surface area contributed by atoms with Crippen molar-refractivity contribution in [2.45, 2.75) is 26.3 Å². The minimum Gasteiger partial charge on any atom is -0.482 e. The molecular formula is C16H21ClN2O3. The minimum atomic E-state index is -0.513. The second-order valence-corrected chi connectivity index (χ2v) is 6.12. The number of carbonyl (C=O) groups is 1. The third kappa shape index (κ3) is 4.71. The Bertz CT molecular complexity index is 545. The second-order valence-electron chi connectivity index (χ2n) is 5.68. The van der Waals surface area contributed by atoms with Crippen molar-refractivity contribution in [3.8, 4) is 5.75 Å². The largest absolute Gasteiger partial charge is 0.482 e. The van der Waals surface area contributed by atoms with Crippen LogP contribution >= 0.6 is 11.6 Å². The van der Waals surface area contributed by atoms with Crippen LogP contribution in [0.1, 0.15) is 20.3 Å². The molecule has 0 unspecified atom stereocenters. The van der Waals surface area contributed by atoms with E-state index < -0.39 is 5.97 Å². The summed E-state index contributed by atoms with van der Waals surface area (Å²) in [6, 6.07) is 7.19. The lowest BCUT2D eigenvalue weighted by atomic mass is 9.93. The average Bonchev–Trinajstić information content (AvgIpc) is 2.49. The molecule has 0 bridgehead atoms. The van der Waals surface area contributed by atoms with Crippen LogP contribution in [0.15, 0.2) is 29.4 Å². The van der Waals surface area contributed by atoms with Gasteiger partial charge in [0.1, 0.15) is 5.75 Å². The number of benzene rings is 1. The molecule has 0 amide bonds. The number of likely N-dealkylation sites (tertiary alicyclic amines) is 1. The molecule has 0 saturated carbocycles. The van der Waals surface area contributed by atoms with Crippen LogP contribution in [0, 0.1) is 5.92 Å². The fraction of sp³-hybridized carbons (Fsp3) is 0.500. The van der Waals surface area contributed by atoms with Crippen molar-refractivity contribution in [1.82, 2.24) is 4.90 Å². The SMILES string of the molecule is C[C@@H]1C/C(=N\OC(=O)COc2ccc(Cl)cc2)[C@@H](C)CN1C. The van der Waals surface area contributed by atoms with E-state index in [4.69, 9.17) is 21.2 Å². The summed E-state index contributed by atoms with van der Waals surface area (Å²) in [4.78, 5) is 18.9. The van der Waals surface area contributed by atoms with Crippen molar-refractivity contribution in [3.63, 3.8) is 0 Å². The number of ether oxygens (including phenoxy) is 1. The van der Waals surface area contributed by atoms with Gasteiger partial charge in [0.2, 0.25) is 0 Å². The Labute approximate surface area is 135 Å². The molecule has 22 heavy (non-hydrogen) atoms. The number of hydrogen-bond acceptors (Lipinski definition) is 5. The molecule has 2 atom stereocenters. The van der Waals surface area contributed by atoms with E-state index in [1.165, 1.54) is 0 Å². The van der Waals surface area contributed by atoms with Gasteiger partial charge >= 0.3 is 5.97 Å². The Morgan fingerprint density at radius 3 is 2.73 bits per heavy atom. The number of oxime groups is 1. The van der Waals surface area contributed by atoms with Crippen LogP contribution in [0.2, 0.25) is 5.02 Å². The smallest absolute Gasteiger partial charge is 0.372 e. The Kier molecular flexibility index (Phi) is 5.80. The molecule has 0 aromatic heterocycles. The lowest BCUT2D eigenvalue weighted by Crippen LogP contribution is -2.43. The first-order valence-electron chi connectivity index (χ1n) is 7.31. The summed E-state index contributed by atoms with van der Waals surface area (Å²) in [5.41, 5.74) is 0.922. The van der Waals surface area contributed by atoms with Crippen LogP contribution < -0.4 is 4.74 Å². The van der Waals surface area contributed by atoms with Crippen LogP contribution in [-0.4, -0.2) is 42.8 Å². The second kappa shape index (κ2) is 7.61. The van der Waals surface area contributed by atoms with Crippen molar-refractivity contribution < 1.29 is 14.4 Å². The molecule has 1 aliphatic rings. The van der Waals surface area contributed by atoms with E-state index >= 15 is 0 Å². The molecule has 1 aliphatic heterocycles. The minimum absolute atomic E-state index is 0.178. The molecular weight excluding hydrogens is 304 g/mol. The average molecular weight is 325 g/mol. The molecule has 1 aromatic rings. The van der Waals surface area contributed by atoms with Gasteiger partial charge in [0.05, 0.1) is 5.71 Å². The zero-order valence-corrected chi connectivity index (χ0v) is 13.8. The van der Waals surface area contributed by atoms with Gasteiger partial charge in [0.25, 0.3) is 0 Å². The lowest BCUT2D eigenvalue weighted by Gasteiger charge is -2.34. The predicted octanol–water partition coefficient (Wildman–Crippen LogP) is 2.98. The van der Waals surface area contributed by atoms with Gasteiger partial charge in [-0.1, -0.05) is 23.7 Å². The van der Waals surface area contributed by atoms with Gasteiger partial charge in [-0.2, -0.15) is 0 Å². The maximum Gasteiger partial charge on any atom is 0.372 e. The molecule has 1 fully saturated rings. The Morgan fingerprint density at radius 2 is 2.05 bits per heavy atom. The van der Waals surface area contributed by atoms with Crippen LogP contribution in [0.4, 0.5) is 0 Å². The highest BCUT2D eigenvalue weighted by Crippen LogP contribution is 2.18. The Hall–Kier alpha value is -1.59. The molecule has 0 spiro atoms. The van der Waals surface area contributed by atoms with Gasteiger partial charge in [0, 0.05) is 29.9 Å². The fourth-order valence-corrected chi connectivity index (χ4v) is 2.44. The Balaban J connectivity index is 1.81. The maximum atomic E-state index is 11.7. The molecule has 6 heteroatoms. The fourth-order valence-electron chi connectivity index (χ4n) is 2.31. The van der Waals surface area contributed by atoms with E-state index in [-0.39, 0.29) is 12.5 Å². The van der Waals surface area contributed by atoms with E-state index in [1.54, 1.807) is 24.3 Å². The van der Waals surface area contributed by atoms with E-state index in [0.29, 0.717) is 16.8 Å². The normalized spacial score (nSPS) is 24.3. The Morgan fingerprint density at radius 1 is 1.36 bits per heavy atom. The third-order valence-electron chi connectivity index (χ3n) is 3.82. The van der Waals surface area contributed by atoms with Crippen molar-refractivity contribution in [2.75, 3.05) is 20.2 Å². The summed E-state index contributed by atoms with van der Waals surface area (Å²) in [6.45, 7) is 4.95. The van der Waals surface area contributed by atoms with Gasteiger partial charge in [-0.25, -0.2) is 4.79 Å². The molecule has 120 valence electrons. The summed E-state index contributed by atoms with van der Waals surface area (Å²) in [6.07, 6.45) is 0.809. The molecule has 2 rings (SSSR count). The first-order valence-corrected chi connectivity index (χ1v) is 7.68. The van der Waals surface area contributed by atoms with Gasteiger partial charge in [0.15, 0.2) is 6.61 Å². The molecule has 1 heterocycles. The standard InChI is InChI=1S/C16H21ClN2O3/c1-11-9-19(3)12(2)8-15(11)18-22-16(20)10-21-14-6-4-13(17)5-7-14/h4-7,11-12H,8-10H2,1-3H3/b18-15+/t11-,12+/m0/s1. The molecule has 1 aromatic carbocycles. The topological polar surface area (TPSA) is 51.1 Å². The van der Waals surface area contributed by atoms with Crippen molar-refractivity contribution in [3.05, 3.63) is 29.3 Å². The van der Waals surface area contributed by atoms with E-state index in [2.05, 4.69) is 31.0 Å². The molecule has 1 saturated heterocycles. The van der Waals surface area contributed by atoms with Gasteiger partial charge < -0.3 is 14.5 Å². The zero-order chi connectivity index (χ0) is 16.1. The van der Waals surface area contributed by atoms with E-state index in [0.717, 1.165) is 18.7 Å². The predicted molar refractivity (Wildman–Crippen MR) is 86.3 cm³/mol. The number of halogens is 1. The van der Waals surface area contributed by atoms with Crippen LogP contribution in [0.25, 0.3) is 0 Å². The molecule has 0 aliphatic carbocycles. The number of rotatable bonds is 4. The number of hydrogen-bond donors (Lipinski definition) is 0. The first kappa shape index (κ1) is 16.8. The quantitative estimate of drug-likeness (QED) is 0.631. The van der Waals surface area contributed by atoms with Gasteiger partial charge in [-0.15, -0.1) is 0 Å². The van der Waals surface area contributed by atoms with E-state index in [1.807, 2.05) is 0 Å². The summed E-state index contributed by atoms with van der Waals surface area (Å²) in [5, 5.41) is 4.63. The number of piperidine rings is 1. The first-order chi connectivity index (χ1) is 10.5. The summed E-state index contributed by atoms with van der Waals surface area (Å²) >= 11 is 5.78. The van der Waals surface area contributed by atoms with Crippen LogP contribution in [-0.2, 0) is 9.63 Å². The summed E-state index contributed by atoms with van der Waals surface area (Å²) < 4.78 is 5.32. The summed E-state index contributed by atoms with van der Waals surface area (Å²) in [5.74, 6) is 0.336. The maximum absolute atomic E-state index is 11.7. The monoisotopic (exact) mass is 324 g/mol. The molecule has 0 N–H and O–H groups in total. The number of nitrogens with zero attached hydrogens (tertiary/aromatic N) is 2. The van der Waals surface area contributed by atoms with E-state index in [9.17, 15) is 4.79 Å². The van der Waals surface area contributed by atoms with Crippen LogP contribution in [0.3, 0.4) is 0 Å². The molecule has 5 nitrogen and oxygen atoms in total. The van der Waals surface area contributed by atoms with Crippen molar-refractivity contribution >= 4 is 23.3 Å². The lowest BCUT2D eigenvalue weighted by molar-refractivity contribution is -0.146. The third-order valence-corrected chi connectivity index (χ3v) is 4.07. The van der Waals surface area contributed by atoms with Crippen LogP contribution in [0.5, 0.6) is 5.75 Å². The van der Waals surface area contributed by atoms with Crippen molar-refractivity contribution in [1.29, 1.82) is 0 Å². The number of carbonyl (C=O) groups excluding carboxylic acids is 1. The molecule has 0 radical (unpaired) electrons. The van der Waals surface area contributed by atoms with Crippen molar-refractivity contribution in [2.24, 2.45) is 11.1 Å². The van der Waals surface area contributed by atoms with Gasteiger partial charge in [-0.05, 0) is 38.2 Å². The highest BCUT2D eigenvalue weighted by Gasteiger charge is 2.26. The highest BCUT2D eigenvalue weighted by atomic mass is 35.5. The zero-order valence-electron chi connectivity index (χ0n) is 13.1. The highest BCUT2D eigenvalue weighted by molar-refractivity contribution is 6.30. The summed E-state index contributed by atoms with van der Waals surface area (Å²) in [7, 11) is 2.09. The van der Waals surface area contributed by atoms with Gasteiger partial charge in [-0.3, -0.25) is 0 Å².